The Bertz CT molecular complexity index is 587. The number of H-pyrrole nitrogens is 1. The zero-order valence-electron chi connectivity index (χ0n) is 10.5. The second kappa shape index (κ2) is 4.76. The first-order valence-electron chi connectivity index (χ1n) is 6.41. The highest BCUT2D eigenvalue weighted by Gasteiger charge is 2.30. The minimum atomic E-state index is -0.232. The van der Waals surface area contributed by atoms with Crippen LogP contribution in [0.3, 0.4) is 0 Å². The van der Waals surface area contributed by atoms with Gasteiger partial charge < -0.3 is 11.1 Å². The van der Waals surface area contributed by atoms with Crippen molar-refractivity contribution in [2.45, 2.75) is 25.3 Å². The fraction of sp³-hybridized carbons (Fsp3) is 0.286. The molecule has 0 saturated heterocycles. The van der Waals surface area contributed by atoms with Gasteiger partial charge in [0, 0.05) is 12.5 Å². The molecule has 0 unspecified atom stereocenters. The molecule has 1 aliphatic carbocycles. The maximum Gasteiger partial charge on any atom is 0.274 e. The lowest BCUT2D eigenvalue weighted by Crippen LogP contribution is -2.24. The van der Waals surface area contributed by atoms with Gasteiger partial charge in [-0.1, -0.05) is 30.3 Å². The molecular weight excluding hydrogens is 240 g/mol. The van der Waals surface area contributed by atoms with E-state index in [1.54, 1.807) is 0 Å². The number of amides is 1. The quantitative estimate of drug-likeness (QED) is 0.780. The van der Waals surface area contributed by atoms with Crippen molar-refractivity contribution in [1.82, 2.24) is 15.5 Å². The monoisotopic (exact) mass is 256 g/mol. The fourth-order valence-corrected chi connectivity index (χ4v) is 2.08. The normalized spacial score (nSPS) is 14.3. The molecule has 98 valence electrons. The summed E-state index contributed by atoms with van der Waals surface area (Å²) in [5, 5.41) is 9.73. The topological polar surface area (TPSA) is 83.8 Å². The summed E-state index contributed by atoms with van der Waals surface area (Å²) in [6.07, 6.45) is 2.24. The molecule has 5 nitrogen and oxygen atoms in total. The van der Waals surface area contributed by atoms with Gasteiger partial charge in [-0.2, -0.15) is 5.10 Å². The van der Waals surface area contributed by atoms with Gasteiger partial charge in [-0.05, 0) is 18.4 Å². The van der Waals surface area contributed by atoms with Crippen molar-refractivity contribution >= 4 is 11.6 Å². The minimum absolute atomic E-state index is 0.232. The number of carbonyl (C=O) groups excluding carboxylic acids is 1. The summed E-state index contributed by atoms with van der Waals surface area (Å²) in [5.74, 6) is 0.229. The molecule has 19 heavy (non-hydrogen) atoms. The number of hydrogen-bond acceptors (Lipinski definition) is 3. The number of nitrogens with zero attached hydrogens (tertiary/aromatic N) is 1. The largest absolute Gasteiger partial charge is 0.395 e. The Morgan fingerprint density at radius 3 is 2.79 bits per heavy atom. The van der Waals surface area contributed by atoms with E-state index in [4.69, 9.17) is 5.73 Å². The van der Waals surface area contributed by atoms with E-state index in [1.807, 2.05) is 30.3 Å². The van der Waals surface area contributed by atoms with E-state index in [0.717, 1.165) is 24.1 Å². The summed E-state index contributed by atoms with van der Waals surface area (Å²) >= 11 is 0. The van der Waals surface area contributed by atoms with Crippen LogP contribution in [0.4, 0.5) is 5.69 Å². The number of nitrogens with one attached hydrogen (secondary N) is 2. The van der Waals surface area contributed by atoms with Crippen LogP contribution in [-0.4, -0.2) is 16.1 Å². The highest BCUT2D eigenvalue weighted by Crippen LogP contribution is 2.42. The number of carbonyl (C=O) groups is 1. The van der Waals surface area contributed by atoms with Crippen molar-refractivity contribution in [3.8, 4) is 0 Å². The predicted octanol–water partition coefficient (Wildman–Crippen LogP) is 1.80. The number of aromatic nitrogens is 2. The highest BCUT2D eigenvalue weighted by atomic mass is 16.1. The number of anilines is 1. The first-order chi connectivity index (χ1) is 9.25. The van der Waals surface area contributed by atoms with Crippen LogP contribution < -0.4 is 11.1 Å². The molecule has 1 fully saturated rings. The zero-order valence-corrected chi connectivity index (χ0v) is 10.5. The Labute approximate surface area is 111 Å². The Balaban J connectivity index is 1.67. The molecule has 1 aromatic heterocycles. The molecule has 0 atom stereocenters. The van der Waals surface area contributed by atoms with Crippen LogP contribution in [0, 0.1) is 0 Å². The van der Waals surface area contributed by atoms with E-state index >= 15 is 0 Å². The fourth-order valence-electron chi connectivity index (χ4n) is 2.08. The summed E-state index contributed by atoms with van der Waals surface area (Å²) in [7, 11) is 0. The van der Waals surface area contributed by atoms with Gasteiger partial charge in [0.05, 0.1) is 11.4 Å². The van der Waals surface area contributed by atoms with E-state index in [9.17, 15) is 4.79 Å². The van der Waals surface area contributed by atoms with Gasteiger partial charge in [0.2, 0.25) is 0 Å². The molecule has 2 aromatic rings. The van der Waals surface area contributed by atoms with Crippen molar-refractivity contribution in [2.24, 2.45) is 0 Å². The number of benzene rings is 1. The van der Waals surface area contributed by atoms with Crippen LogP contribution in [0.25, 0.3) is 0 Å². The Kier molecular flexibility index (Phi) is 2.95. The molecule has 4 N–H and O–H groups in total. The number of hydrogen-bond donors (Lipinski definition) is 3. The van der Waals surface area contributed by atoms with E-state index in [1.165, 1.54) is 0 Å². The van der Waals surface area contributed by atoms with Crippen molar-refractivity contribution in [3.05, 3.63) is 47.3 Å². The van der Waals surface area contributed by atoms with Gasteiger partial charge in [-0.15, -0.1) is 0 Å². The van der Waals surface area contributed by atoms with E-state index in [2.05, 4.69) is 15.5 Å². The molecule has 5 heteroatoms. The molecule has 0 aliphatic heterocycles. The maximum absolute atomic E-state index is 12.0. The molecule has 1 amide bonds. The summed E-state index contributed by atoms with van der Waals surface area (Å²) in [6, 6.07) is 9.75. The lowest BCUT2D eigenvalue weighted by Gasteiger charge is -2.04. The summed E-state index contributed by atoms with van der Waals surface area (Å²) < 4.78 is 0. The first kappa shape index (κ1) is 11.8. The Morgan fingerprint density at radius 1 is 1.37 bits per heavy atom. The highest BCUT2D eigenvalue weighted by molar-refractivity contribution is 5.97. The molecule has 0 spiro atoms. The lowest BCUT2D eigenvalue weighted by molar-refractivity contribution is 0.0947. The predicted molar refractivity (Wildman–Crippen MR) is 72.6 cm³/mol. The number of rotatable bonds is 4. The smallest absolute Gasteiger partial charge is 0.274 e. The van der Waals surface area contributed by atoms with Gasteiger partial charge >= 0.3 is 0 Å². The standard InChI is InChI=1S/C14H16N4O/c15-11-12(10-6-7-10)17-18-13(11)14(19)16-8-9-4-2-1-3-5-9/h1-5,10H,6-8,15H2,(H,16,19)(H,17,18). The molecule has 0 bridgehead atoms. The SMILES string of the molecule is Nc1c(C(=O)NCc2ccccc2)n[nH]c1C1CC1. The average molecular weight is 256 g/mol. The van der Waals surface area contributed by atoms with Crippen LogP contribution in [0.2, 0.25) is 0 Å². The van der Waals surface area contributed by atoms with Crippen LogP contribution >= 0.6 is 0 Å². The molecule has 1 aliphatic rings. The van der Waals surface area contributed by atoms with E-state index < -0.39 is 0 Å². The second-order valence-electron chi connectivity index (χ2n) is 4.84. The van der Waals surface area contributed by atoms with Gasteiger partial charge in [0.25, 0.3) is 5.91 Å². The zero-order chi connectivity index (χ0) is 13.2. The van der Waals surface area contributed by atoms with E-state index in [-0.39, 0.29) is 5.91 Å². The minimum Gasteiger partial charge on any atom is -0.395 e. The van der Waals surface area contributed by atoms with E-state index in [0.29, 0.717) is 23.8 Å². The van der Waals surface area contributed by atoms with Crippen LogP contribution in [0.15, 0.2) is 30.3 Å². The third-order valence-corrected chi connectivity index (χ3v) is 3.33. The maximum atomic E-state index is 12.0. The third kappa shape index (κ3) is 2.45. The lowest BCUT2D eigenvalue weighted by atomic mass is 10.2. The summed E-state index contributed by atoms with van der Waals surface area (Å²) in [5.41, 5.74) is 8.71. The third-order valence-electron chi connectivity index (χ3n) is 3.33. The number of aromatic amines is 1. The van der Waals surface area contributed by atoms with Crippen LogP contribution in [0.5, 0.6) is 0 Å². The summed E-state index contributed by atoms with van der Waals surface area (Å²) in [4.78, 5) is 12.0. The summed E-state index contributed by atoms with van der Waals surface area (Å²) in [6.45, 7) is 0.477. The molecular formula is C14H16N4O. The Morgan fingerprint density at radius 2 is 2.11 bits per heavy atom. The number of nitrogens with two attached hydrogens (primary N) is 1. The van der Waals surface area contributed by atoms with Crippen LogP contribution in [0.1, 0.15) is 40.5 Å². The molecule has 0 radical (unpaired) electrons. The van der Waals surface area contributed by atoms with Crippen LogP contribution in [-0.2, 0) is 6.54 Å². The van der Waals surface area contributed by atoms with Gasteiger partial charge in [0.15, 0.2) is 5.69 Å². The Hall–Kier alpha value is -2.30. The molecule has 1 saturated carbocycles. The molecule has 1 aromatic carbocycles. The van der Waals surface area contributed by atoms with Crippen molar-refractivity contribution in [3.63, 3.8) is 0 Å². The van der Waals surface area contributed by atoms with Gasteiger partial charge in [-0.25, -0.2) is 0 Å². The number of nitrogen functional groups attached to an aromatic ring is 1. The first-order valence-corrected chi connectivity index (χ1v) is 6.41. The molecule has 3 rings (SSSR count). The van der Waals surface area contributed by atoms with Crippen molar-refractivity contribution in [1.29, 1.82) is 0 Å². The molecule has 1 heterocycles. The van der Waals surface area contributed by atoms with Gasteiger partial charge in [0.1, 0.15) is 0 Å². The second-order valence-corrected chi connectivity index (χ2v) is 4.84. The van der Waals surface area contributed by atoms with Crippen molar-refractivity contribution < 1.29 is 4.79 Å². The van der Waals surface area contributed by atoms with Crippen molar-refractivity contribution in [2.75, 3.05) is 5.73 Å². The average Bonchev–Trinajstić information content (AvgIpc) is 3.20. The van der Waals surface area contributed by atoms with Gasteiger partial charge in [-0.3, -0.25) is 9.89 Å².